The monoisotopic (exact) mass is 310 g/mol. The largest absolute Gasteiger partial charge is 0.393 e. The number of rotatable bonds is 1. The number of nitrogens with zero attached hydrogens (tertiary/aromatic N) is 1. The maximum absolute atomic E-state index is 10.4. The maximum atomic E-state index is 10.4. The van der Waals surface area contributed by atoms with Gasteiger partial charge in [-0.2, -0.15) is 0 Å². The first-order valence-electron chi connectivity index (χ1n) is 3.22. The van der Waals surface area contributed by atoms with Gasteiger partial charge in [-0.3, -0.25) is 10.1 Å². The SMILES string of the molecule is Br.Cc1cc(Br)cc([N+](=O)[O-])c1N. The van der Waals surface area contributed by atoms with Gasteiger partial charge in [0.1, 0.15) is 5.69 Å². The van der Waals surface area contributed by atoms with Gasteiger partial charge in [0.25, 0.3) is 5.69 Å². The van der Waals surface area contributed by atoms with Crippen molar-refractivity contribution in [3.8, 4) is 0 Å². The summed E-state index contributed by atoms with van der Waals surface area (Å²) in [5.41, 5.74) is 6.37. The molecule has 4 nitrogen and oxygen atoms in total. The minimum Gasteiger partial charge on any atom is -0.393 e. The van der Waals surface area contributed by atoms with Gasteiger partial charge < -0.3 is 5.73 Å². The fourth-order valence-electron chi connectivity index (χ4n) is 0.888. The number of anilines is 1. The Morgan fingerprint density at radius 2 is 2.08 bits per heavy atom. The summed E-state index contributed by atoms with van der Waals surface area (Å²) in [4.78, 5) is 9.94. The third-order valence-electron chi connectivity index (χ3n) is 1.53. The van der Waals surface area contributed by atoms with E-state index in [9.17, 15) is 10.1 Å². The zero-order valence-corrected chi connectivity index (χ0v) is 10.1. The summed E-state index contributed by atoms with van der Waals surface area (Å²) in [7, 11) is 0. The van der Waals surface area contributed by atoms with Crippen molar-refractivity contribution in [2.45, 2.75) is 6.92 Å². The Morgan fingerprint density at radius 1 is 1.54 bits per heavy atom. The molecule has 0 atom stereocenters. The molecule has 0 unspecified atom stereocenters. The van der Waals surface area contributed by atoms with Crippen molar-refractivity contribution in [2.24, 2.45) is 0 Å². The molecular weight excluding hydrogens is 304 g/mol. The molecule has 0 bridgehead atoms. The maximum Gasteiger partial charge on any atom is 0.293 e. The van der Waals surface area contributed by atoms with Gasteiger partial charge in [0.2, 0.25) is 0 Å². The predicted octanol–water partition coefficient (Wildman–Crippen LogP) is 2.83. The zero-order valence-electron chi connectivity index (χ0n) is 6.78. The fraction of sp³-hybridized carbons (Fsp3) is 0.143. The number of halogens is 2. The molecule has 0 amide bonds. The lowest BCUT2D eigenvalue weighted by molar-refractivity contribution is -0.384. The third kappa shape index (κ3) is 2.67. The van der Waals surface area contributed by atoms with Crippen molar-refractivity contribution in [2.75, 3.05) is 5.73 Å². The molecule has 1 aromatic carbocycles. The first-order valence-corrected chi connectivity index (χ1v) is 4.01. The van der Waals surface area contributed by atoms with Crippen LogP contribution in [0.25, 0.3) is 0 Å². The lowest BCUT2D eigenvalue weighted by Crippen LogP contribution is -1.97. The van der Waals surface area contributed by atoms with E-state index in [4.69, 9.17) is 5.73 Å². The number of hydrogen-bond acceptors (Lipinski definition) is 3. The number of aryl methyl sites for hydroxylation is 1. The minimum absolute atomic E-state index is 0. The summed E-state index contributed by atoms with van der Waals surface area (Å²) in [6.07, 6.45) is 0. The van der Waals surface area contributed by atoms with Crippen LogP contribution in [0.5, 0.6) is 0 Å². The van der Waals surface area contributed by atoms with Crippen molar-refractivity contribution in [1.82, 2.24) is 0 Å². The van der Waals surface area contributed by atoms with E-state index in [1.165, 1.54) is 6.07 Å². The number of nitro benzene ring substituents is 1. The Kier molecular flexibility index (Phi) is 4.35. The lowest BCUT2D eigenvalue weighted by atomic mass is 10.2. The summed E-state index contributed by atoms with van der Waals surface area (Å²) in [6.45, 7) is 1.73. The van der Waals surface area contributed by atoms with Crippen molar-refractivity contribution < 1.29 is 4.92 Å². The van der Waals surface area contributed by atoms with Crippen LogP contribution in [0.4, 0.5) is 11.4 Å². The third-order valence-corrected chi connectivity index (χ3v) is 1.98. The van der Waals surface area contributed by atoms with Crippen LogP contribution in [0.2, 0.25) is 0 Å². The van der Waals surface area contributed by atoms with E-state index in [-0.39, 0.29) is 28.4 Å². The molecule has 0 aliphatic rings. The number of nitro groups is 1. The summed E-state index contributed by atoms with van der Waals surface area (Å²) < 4.78 is 0.668. The van der Waals surface area contributed by atoms with E-state index in [0.717, 1.165) is 0 Å². The molecule has 0 fully saturated rings. The highest BCUT2D eigenvalue weighted by Gasteiger charge is 2.13. The molecule has 1 aromatic rings. The van der Waals surface area contributed by atoms with Crippen LogP contribution in [0.1, 0.15) is 5.56 Å². The number of nitrogen functional groups attached to an aromatic ring is 1. The second-order valence-corrected chi connectivity index (χ2v) is 3.33. The van der Waals surface area contributed by atoms with Crippen LogP contribution in [-0.4, -0.2) is 4.92 Å². The summed E-state index contributed by atoms with van der Waals surface area (Å²) >= 11 is 3.16. The van der Waals surface area contributed by atoms with Crippen molar-refractivity contribution in [1.29, 1.82) is 0 Å². The van der Waals surface area contributed by atoms with Gasteiger partial charge in [0.15, 0.2) is 0 Å². The predicted molar refractivity (Wildman–Crippen MR) is 60.3 cm³/mol. The molecule has 0 radical (unpaired) electrons. The average molecular weight is 312 g/mol. The molecule has 0 aliphatic carbocycles. The highest BCUT2D eigenvalue weighted by Crippen LogP contribution is 2.28. The molecule has 2 N–H and O–H groups in total. The van der Waals surface area contributed by atoms with E-state index < -0.39 is 4.92 Å². The molecule has 0 aliphatic heterocycles. The highest BCUT2D eigenvalue weighted by molar-refractivity contribution is 9.10. The number of benzene rings is 1. The molecule has 6 heteroatoms. The van der Waals surface area contributed by atoms with E-state index in [2.05, 4.69) is 15.9 Å². The Balaban J connectivity index is 0.00000144. The van der Waals surface area contributed by atoms with Crippen LogP contribution in [0.15, 0.2) is 16.6 Å². The Hall–Kier alpha value is -0.620. The second-order valence-electron chi connectivity index (χ2n) is 2.41. The van der Waals surface area contributed by atoms with E-state index >= 15 is 0 Å². The summed E-state index contributed by atoms with van der Waals surface area (Å²) in [6, 6.07) is 3.13. The van der Waals surface area contributed by atoms with Crippen molar-refractivity contribution in [3.63, 3.8) is 0 Å². The second kappa shape index (κ2) is 4.57. The Labute approximate surface area is 94.2 Å². The summed E-state index contributed by atoms with van der Waals surface area (Å²) in [5.74, 6) is 0. The number of nitrogens with two attached hydrogens (primary N) is 1. The molecule has 13 heavy (non-hydrogen) atoms. The molecule has 0 heterocycles. The van der Waals surface area contributed by atoms with Crippen molar-refractivity contribution >= 4 is 44.3 Å². The molecule has 0 spiro atoms. The normalized spacial score (nSPS) is 9.08. The van der Waals surface area contributed by atoms with Gasteiger partial charge >= 0.3 is 0 Å². The molecule has 1 rings (SSSR count). The van der Waals surface area contributed by atoms with Gasteiger partial charge in [-0.15, -0.1) is 17.0 Å². The van der Waals surface area contributed by atoms with E-state index in [1.807, 2.05) is 0 Å². The first-order chi connectivity index (χ1) is 5.52. The fourth-order valence-corrected chi connectivity index (χ4v) is 1.45. The molecular formula is C7H8Br2N2O2. The number of hydrogen-bond donors (Lipinski definition) is 1. The molecule has 0 saturated heterocycles. The van der Waals surface area contributed by atoms with Gasteiger partial charge in [-0.05, 0) is 18.6 Å². The van der Waals surface area contributed by atoms with Gasteiger partial charge in [0, 0.05) is 10.5 Å². The van der Waals surface area contributed by atoms with Crippen molar-refractivity contribution in [3.05, 3.63) is 32.3 Å². The summed E-state index contributed by atoms with van der Waals surface area (Å²) in [5, 5.41) is 10.4. The van der Waals surface area contributed by atoms with Crippen LogP contribution >= 0.6 is 32.9 Å². The standard InChI is InChI=1S/C7H7BrN2O2.BrH/c1-4-2-5(8)3-6(7(4)9)10(11)12;/h2-3H,9H2,1H3;1H. The van der Waals surface area contributed by atoms with E-state index in [1.54, 1.807) is 13.0 Å². The molecule has 0 aromatic heterocycles. The van der Waals surface area contributed by atoms with Gasteiger partial charge in [-0.1, -0.05) is 15.9 Å². The topological polar surface area (TPSA) is 69.2 Å². The Bertz CT molecular complexity index is 342. The van der Waals surface area contributed by atoms with Crippen LogP contribution in [0, 0.1) is 17.0 Å². The van der Waals surface area contributed by atoms with Crippen LogP contribution in [-0.2, 0) is 0 Å². The highest BCUT2D eigenvalue weighted by atomic mass is 79.9. The average Bonchev–Trinajstić information content (AvgIpc) is 1.96. The van der Waals surface area contributed by atoms with Crippen LogP contribution in [0.3, 0.4) is 0 Å². The Morgan fingerprint density at radius 3 is 2.54 bits per heavy atom. The zero-order chi connectivity index (χ0) is 9.30. The van der Waals surface area contributed by atoms with Gasteiger partial charge in [0.05, 0.1) is 4.92 Å². The molecule has 72 valence electrons. The van der Waals surface area contributed by atoms with E-state index in [0.29, 0.717) is 10.0 Å². The smallest absolute Gasteiger partial charge is 0.293 e. The lowest BCUT2D eigenvalue weighted by Gasteiger charge is -2.01. The molecule has 0 saturated carbocycles. The first kappa shape index (κ1) is 12.4. The van der Waals surface area contributed by atoms with Crippen LogP contribution < -0.4 is 5.73 Å². The van der Waals surface area contributed by atoms with Gasteiger partial charge in [-0.25, -0.2) is 0 Å². The quantitative estimate of drug-likeness (QED) is 0.492. The minimum atomic E-state index is -0.493.